The zero-order chi connectivity index (χ0) is 21.2. The number of hydrogen-bond acceptors (Lipinski definition) is 3. The first-order chi connectivity index (χ1) is 15.2. The number of carbonyl (C=O) groups excluding carboxylic acids is 1. The van der Waals surface area contributed by atoms with Crippen molar-refractivity contribution in [1.82, 2.24) is 14.5 Å². The number of carbonyl (C=O) groups is 1. The van der Waals surface area contributed by atoms with Gasteiger partial charge in [-0.3, -0.25) is 4.79 Å². The molecule has 5 rings (SSSR count). The Kier molecular flexibility index (Phi) is 5.49. The van der Waals surface area contributed by atoms with Crippen LogP contribution in [0.15, 0.2) is 61.1 Å². The van der Waals surface area contributed by atoms with E-state index in [4.69, 9.17) is 4.74 Å². The molecule has 3 heterocycles. The van der Waals surface area contributed by atoms with Crippen molar-refractivity contribution >= 4 is 5.91 Å². The second-order valence-electron chi connectivity index (χ2n) is 8.75. The van der Waals surface area contributed by atoms with Crippen LogP contribution in [0.1, 0.15) is 47.7 Å². The molecule has 0 aliphatic carbocycles. The Morgan fingerprint density at radius 1 is 1.10 bits per heavy atom. The summed E-state index contributed by atoms with van der Waals surface area (Å²) in [5, 5.41) is 0. The number of benzene rings is 2. The van der Waals surface area contributed by atoms with Gasteiger partial charge in [-0.2, -0.15) is 0 Å². The molecule has 2 aromatic carbocycles. The third-order valence-corrected chi connectivity index (χ3v) is 6.67. The first-order valence-corrected chi connectivity index (χ1v) is 11.3. The number of rotatable bonds is 6. The second kappa shape index (κ2) is 8.58. The average Bonchev–Trinajstić information content (AvgIpc) is 3.39. The van der Waals surface area contributed by atoms with Crippen LogP contribution in [-0.2, 0) is 17.8 Å². The number of ether oxygens (including phenoxy) is 1. The molecule has 0 spiro atoms. The van der Waals surface area contributed by atoms with E-state index in [0.29, 0.717) is 12.5 Å². The molecule has 0 N–H and O–H groups in total. The Morgan fingerprint density at radius 3 is 2.81 bits per heavy atom. The molecule has 2 atom stereocenters. The third-order valence-electron chi connectivity index (χ3n) is 6.67. The van der Waals surface area contributed by atoms with Gasteiger partial charge in [-0.05, 0) is 37.8 Å². The van der Waals surface area contributed by atoms with Crippen molar-refractivity contribution in [2.24, 2.45) is 5.92 Å². The van der Waals surface area contributed by atoms with Crippen molar-refractivity contribution in [1.29, 1.82) is 0 Å². The summed E-state index contributed by atoms with van der Waals surface area (Å²) in [4.78, 5) is 19.7. The number of likely N-dealkylation sites (tertiary alicyclic amines) is 1. The minimum absolute atomic E-state index is 0.0951. The Morgan fingerprint density at radius 2 is 1.94 bits per heavy atom. The highest BCUT2D eigenvalue weighted by Crippen LogP contribution is 2.39. The van der Waals surface area contributed by atoms with Gasteiger partial charge >= 0.3 is 0 Å². The van der Waals surface area contributed by atoms with Gasteiger partial charge in [0.1, 0.15) is 5.75 Å². The normalized spacial score (nSPS) is 20.5. The van der Waals surface area contributed by atoms with E-state index >= 15 is 0 Å². The molecule has 0 saturated carbocycles. The van der Waals surface area contributed by atoms with E-state index < -0.39 is 0 Å². The van der Waals surface area contributed by atoms with E-state index in [1.54, 1.807) is 0 Å². The summed E-state index contributed by atoms with van der Waals surface area (Å²) in [7, 11) is 0. The minimum Gasteiger partial charge on any atom is -0.493 e. The first kappa shape index (κ1) is 19.9. The van der Waals surface area contributed by atoms with Crippen molar-refractivity contribution in [3.8, 4) is 5.75 Å². The molecule has 0 radical (unpaired) electrons. The van der Waals surface area contributed by atoms with Gasteiger partial charge in [-0.25, -0.2) is 4.98 Å². The fraction of sp³-hybridized carbons (Fsp3) is 0.385. The summed E-state index contributed by atoms with van der Waals surface area (Å²) >= 11 is 0. The zero-order valence-electron chi connectivity index (χ0n) is 18.0. The number of imidazole rings is 1. The smallest absolute Gasteiger partial charge is 0.226 e. The molecule has 2 aliphatic heterocycles. The summed E-state index contributed by atoms with van der Waals surface area (Å²) in [6, 6.07) is 16.9. The number of fused-ring (bicyclic) bond motifs is 1. The highest BCUT2D eigenvalue weighted by Gasteiger charge is 2.38. The van der Waals surface area contributed by atoms with Gasteiger partial charge in [0.05, 0.1) is 19.0 Å². The summed E-state index contributed by atoms with van der Waals surface area (Å²) in [5.41, 5.74) is 4.89. The maximum absolute atomic E-state index is 13.2. The summed E-state index contributed by atoms with van der Waals surface area (Å²) in [6.45, 7) is 4.44. The highest BCUT2D eigenvalue weighted by atomic mass is 16.5. The van der Waals surface area contributed by atoms with Crippen molar-refractivity contribution in [3.05, 3.63) is 83.4 Å². The lowest BCUT2D eigenvalue weighted by Gasteiger charge is -2.33. The molecule has 5 nitrogen and oxygen atoms in total. The molecule has 1 amide bonds. The number of nitrogens with zero attached hydrogens (tertiary/aromatic N) is 3. The molecule has 3 aromatic rings. The molecule has 1 saturated heterocycles. The molecule has 31 heavy (non-hydrogen) atoms. The van der Waals surface area contributed by atoms with E-state index in [-0.39, 0.29) is 12.0 Å². The molecule has 160 valence electrons. The number of aryl methyl sites for hydroxylation is 2. The lowest BCUT2D eigenvalue weighted by molar-refractivity contribution is -0.133. The standard InChI is InChI=1S/C26H29N3O2/c1-19-6-8-20(9-7-19)17-28-18-27-16-22(28)11-10-21-12-14-29(26(21)30)24-13-15-31-25-5-3-2-4-23(24)25/h2-9,16,18,21,24H,10-15,17H2,1H3/t21-,24?/m0/s1. The van der Waals surface area contributed by atoms with Crippen molar-refractivity contribution in [3.63, 3.8) is 0 Å². The zero-order valence-corrected chi connectivity index (χ0v) is 18.0. The van der Waals surface area contributed by atoms with Crippen LogP contribution in [0.25, 0.3) is 0 Å². The van der Waals surface area contributed by atoms with Crippen LogP contribution in [0.3, 0.4) is 0 Å². The largest absolute Gasteiger partial charge is 0.493 e. The number of amides is 1. The maximum atomic E-state index is 13.2. The van der Waals surface area contributed by atoms with Gasteiger partial charge in [-0.15, -0.1) is 0 Å². The van der Waals surface area contributed by atoms with Crippen molar-refractivity contribution in [2.75, 3.05) is 13.2 Å². The SMILES string of the molecule is Cc1ccc(Cn2cncc2CC[C@H]2CCN(C3CCOc4ccccc43)C2=O)cc1. The van der Waals surface area contributed by atoms with Gasteiger partial charge in [0.25, 0.3) is 0 Å². The lowest BCUT2D eigenvalue weighted by atomic mass is 9.98. The van der Waals surface area contributed by atoms with Crippen LogP contribution in [0, 0.1) is 12.8 Å². The molecule has 5 heteroatoms. The quantitative estimate of drug-likeness (QED) is 0.594. The Bertz CT molecular complexity index is 1060. The number of para-hydroxylation sites is 1. The van der Waals surface area contributed by atoms with Gasteiger partial charge < -0.3 is 14.2 Å². The van der Waals surface area contributed by atoms with Crippen molar-refractivity contribution in [2.45, 2.75) is 45.2 Å². The topological polar surface area (TPSA) is 47.4 Å². The Hall–Kier alpha value is -3.08. The Labute approximate surface area is 183 Å². The highest BCUT2D eigenvalue weighted by molar-refractivity contribution is 5.81. The molecule has 1 fully saturated rings. The van der Waals surface area contributed by atoms with E-state index in [2.05, 4.69) is 51.7 Å². The summed E-state index contributed by atoms with van der Waals surface area (Å²) in [5.74, 6) is 1.32. The van der Waals surface area contributed by atoms with Gasteiger partial charge in [0, 0.05) is 42.9 Å². The van der Waals surface area contributed by atoms with Crippen molar-refractivity contribution < 1.29 is 9.53 Å². The van der Waals surface area contributed by atoms with E-state index in [9.17, 15) is 4.79 Å². The van der Waals surface area contributed by atoms with Gasteiger partial charge in [-0.1, -0.05) is 48.0 Å². The summed E-state index contributed by atoms with van der Waals surface area (Å²) in [6.07, 6.45) is 7.40. The fourth-order valence-electron chi connectivity index (χ4n) is 4.90. The van der Waals surface area contributed by atoms with Crippen LogP contribution in [-0.4, -0.2) is 33.5 Å². The van der Waals surface area contributed by atoms with Crippen LogP contribution < -0.4 is 4.74 Å². The van der Waals surface area contributed by atoms with Crippen LogP contribution in [0.4, 0.5) is 0 Å². The maximum Gasteiger partial charge on any atom is 0.226 e. The minimum atomic E-state index is 0.0951. The molecular formula is C26H29N3O2. The predicted octanol–water partition coefficient (Wildman–Crippen LogP) is 4.54. The van der Waals surface area contributed by atoms with Gasteiger partial charge in [0.15, 0.2) is 0 Å². The van der Waals surface area contributed by atoms with Gasteiger partial charge in [0.2, 0.25) is 5.91 Å². The van der Waals surface area contributed by atoms with Crippen LogP contribution >= 0.6 is 0 Å². The number of hydrogen-bond donors (Lipinski definition) is 0. The fourth-order valence-corrected chi connectivity index (χ4v) is 4.90. The molecule has 2 aliphatic rings. The molecule has 0 bridgehead atoms. The second-order valence-corrected chi connectivity index (χ2v) is 8.75. The lowest BCUT2D eigenvalue weighted by Crippen LogP contribution is -2.34. The van der Waals surface area contributed by atoms with Crippen LogP contribution in [0.5, 0.6) is 5.75 Å². The molecule has 1 unspecified atom stereocenters. The first-order valence-electron chi connectivity index (χ1n) is 11.3. The number of aromatic nitrogens is 2. The monoisotopic (exact) mass is 415 g/mol. The van der Waals surface area contributed by atoms with E-state index in [0.717, 1.165) is 50.1 Å². The molecular weight excluding hydrogens is 386 g/mol. The Balaban J connectivity index is 1.23. The average molecular weight is 416 g/mol. The van der Waals surface area contributed by atoms with E-state index in [1.165, 1.54) is 16.8 Å². The van der Waals surface area contributed by atoms with Crippen LogP contribution in [0.2, 0.25) is 0 Å². The van der Waals surface area contributed by atoms with E-state index in [1.807, 2.05) is 30.7 Å². The third kappa shape index (κ3) is 4.09. The molecule has 1 aromatic heterocycles. The summed E-state index contributed by atoms with van der Waals surface area (Å²) < 4.78 is 8.00. The predicted molar refractivity (Wildman–Crippen MR) is 120 cm³/mol.